The van der Waals surface area contributed by atoms with Gasteiger partial charge in [0, 0.05) is 49.9 Å². The molecule has 4 bridgehead atoms. The minimum absolute atomic E-state index is 0.0767. The largest absolute Gasteiger partial charge is 0.487 e. The maximum absolute atomic E-state index is 12.8. The number of fused-ring (bicyclic) bond motifs is 4. The molecule has 0 N–H and O–H groups in total. The van der Waals surface area contributed by atoms with Crippen LogP contribution in [0.1, 0.15) is 92.9 Å². The van der Waals surface area contributed by atoms with Gasteiger partial charge in [-0.2, -0.15) is 9.97 Å². The summed E-state index contributed by atoms with van der Waals surface area (Å²) in [4.78, 5) is 38.2. The third-order valence-corrected chi connectivity index (χ3v) is 8.09. The highest BCUT2D eigenvalue weighted by Crippen LogP contribution is 2.43. The SMILES string of the molecule is COc1c(OC2CC3CCC(C2)N3C(=O)OC(C)(C)C)ncnc1OC1C[C@H]2CC[C@@H](C1)N2C(=O)OC(C)(C)C. The lowest BCUT2D eigenvalue weighted by Crippen LogP contribution is -2.51. The van der Waals surface area contributed by atoms with E-state index in [1.165, 1.54) is 6.33 Å². The lowest BCUT2D eigenvalue weighted by atomic mass is 10.00. The van der Waals surface area contributed by atoms with E-state index in [0.717, 1.165) is 25.7 Å². The van der Waals surface area contributed by atoms with E-state index in [2.05, 4.69) is 9.97 Å². The summed E-state index contributed by atoms with van der Waals surface area (Å²) in [7, 11) is 1.56. The Balaban J connectivity index is 1.22. The highest BCUT2D eigenvalue weighted by Gasteiger charge is 2.47. The van der Waals surface area contributed by atoms with Crippen LogP contribution in [0.25, 0.3) is 0 Å². The molecule has 5 heterocycles. The number of hydrogen-bond donors (Lipinski definition) is 0. The lowest BCUT2D eigenvalue weighted by molar-refractivity contribution is -0.00823. The fourth-order valence-corrected chi connectivity index (χ4v) is 6.67. The predicted molar refractivity (Wildman–Crippen MR) is 146 cm³/mol. The second-order valence-corrected chi connectivity index (χ2v) is 13.5. The van der Waals surface area contributed by atoms with Crippen LogP contribution >= 0.6 is 0 Å². The molecule has 11 nitrogen and oxygen atoms in total. The summed E-state index contributed by atoms with van der Waals surface area (Å²) in [6, 6.07) is 0.307. The van der Waals surface area contributed by atoms with Crippen molar-refractivity contribution >= 4 is 12.2 Å². The molecule has 2 amide bonds. The minimum atomic E-state index is -0.527. The molecule has 0 saturated carbocycles. The lowest BCUT2D eigenvalue weighted by Gasteiger charge is -2.39. The van der Waals surface area contributed by atoms with Gasteiger partial charge in [0.2, 0.25) is 5.75 Å². The Kier molecular flexibility index (Phi) is 7.69. The smallest absolute Gasteiger partial charge is 0.410 e. The first-order valence-corrected chi connectivity index (χ1v) is 14.6. The van der Waals surface area contributed by atoms with Crippen molar-refractivity contribution in [3.05, 3.63) is 6.33 Å². The molecule has 1 aromatic rings. The Morgan fingerprint density at radius 2 is 1.05 bits per heavy atom. The zero-order valence-electron chi connectivity index (χ0n) is 24.8. The van der Waals surface area contributed by atoms with Crippen molar-refractivity contribution in [1.29, 1.82) is 0 Å². The van der Waals surface area contributed by atoms with Gasteiger partial charge in [0.1, 0.15) is 29.7 Å². The van der Waals surface area contributed by atoms with E-state index in [9.17, 15) is 9.59 Å². The summed E-state index contributed by atoms with van der Waals surface area (Å²) in [5.41, 5.74) is -1.05. The van der Waals surface area contributed by atoms with E-state index in [4.69, 9.17) is 23.7 Å². The Hall–Kier alpha value is -2.98. The monoisotopic (exact) mass is 560 g/mol. The van der Waals surface area contributed by atoms with Gasteiger partial charge in [-0.15, -0.1) is 0 Å². The normalized spacial score (nSPS) is 29.7. The van der Waals surface area contributed by atoms with Gasteiger partial charge in [0.15, 0.2) is 0 Å². The summed E-state index contributed by atoms with van der Waals surface area (Å²) in [5, 5.41) is 0. The Morgan fingerprint density at radius 1 is 0.700 bits per heavy atom. The molecule has 3 unspecified atom stereocenters. The van der Waals surface area contributed by atoms with Gasteiger partial charge in [0.05, 0.1) is 7.11 Å². The molecule has 4 fully saturated rings. The molecule has 0 aliphatic carbocycles. The first kappa shape index (κ1) is 28.5. The Labute approximate surface area is 236 Å². The Morgan fingerprint density at radius 3 is 1.35 bits per heavy atom. The second-order valence-electron chi connectivity index (χ2n) is 13.5. The van der Waals surface area contributed by atoms with Crippen molar-refractivity contribution in [1.82, 2.24) is 19.8 Å². The van der Waals surface area contributed by atoms with Crippen molar-refractivity contribution in [3.8, 4) is 17.5 Å². The average Bonchev–Trinajstić information content (AvgIpc) is 3.27. The molecule has 5 atom stereocenters. The van der Waals surface area contributed by atoms with Crippen LogP contribution in [0.5, 0.6) is 17.5 Å². The molecule has 5 rings (SSSR count). The van der Waals surface area contributed by atoms with Crippen LogP contribution in [0.4, 0.5) is 9.59 Å². The first-order chi connectivity index (χ1) is 18.8. The number of aromatic nitrogens is 2. The third kappa shape index (κ3) is 6.17. The molecule has 0 aromatic carbocycles. The number of rotatable bonds is 5. The standard InChI is InChI=1S/C29H44N4O7/c1-28(2,3)39-26(34)32-17-8-9-18(32)13-21(12-17)37-24-23(36-7)25(31-16-30-24)38-22-14-19-10-11-20(15-22)33(19)27(35)40-29(4,5)6/h16-22H,8-15H2,1-7H3/t17-,18+,19?,20?,21?,22?. The first-order valence-electron chi connectivity index (χ1n) is 14.6. The number of carbonyl (C=O) groups is 2. The molecule has 11 heteroatoms. The minimum Gasteiger partial charge on any atom is -0.487 e. The van der Waals surface area contributed by atoms with Crippen molar-refractivity contribution in [2.24, 2.45) is 0 Å². The van der Waals surface area contributed by atoms with Crippen LogP contribution in [-0.4, -0.2) is 86.6 Å². The molecule has 0 radical (unpaired) electrons. The van der Waals surface area contributed by atoms with Gasteiger partial charge in [-0.1, -0.05) is 0 Å². The quantitative estimate of drug-likeness (QED) is 0.485. The Bertz CT molecular complexity index is 993. The summed E-state index contributed by atoms with van der Waals surface area (Å²) in [5.74, 6) is 1.06. The zero-order valence-corrected chi connectivity index (χ0v) is 24.8. The molecule has 0 spiro atoms. The van der Waals surface area contributed by atoms with Crippen molar-refractivity contribution in [3.63, 3.8) is 0 Å². The van der Waals surface area contributed by atoms with E-state index in [1.54, 1.807) is 7.11 Å². The topological polar surface area (TPSA) is 113 Å². The summed E-state index contributed by atoms with van der Waals surface area (Å²) < 4.78 is 29.7. The van der Waals surface area contributed by atoms with E-state index >= 15 is 0 Å². The maximum Gasteiger partial charge on any atom is 0.410 e. The van der Waals surface area contributed by atoms with Crippen LogP contribution in [0.3, 0.4) is 0 Å². The maximum atomic E-state index is 12.8. The number of ether oxygens (including phenoxy) is 5. The zero-order chi connectivity index (χ0) is 28.8. The van der Waals surface area contributed by atoms with E-state index in [0.29, 0.717) is 43.2 Å². The van der Waals surface area contributed by atoms with Crippen LogP contribution in [0, 0.1) is 0 Å². The summed E-state index contributed by atoms with van der Waals surface area (Å²) >= 11 is 0. The number of amides is 2. The van der Waals surface area contributed by atoms with Crippen LogP contribution < -0.4 is 14.2 Å². The highest BCUT2D eigenvalue weighted by molar-refractivity contribution is 5.70. The van der Waals surface area contributed by atoms with Gasteiger partial charge in [0.25, 0.3) is 11.8 Å². The predicted octanol–water partition coefficient (Wildman–Crippen LogP) is 5.10. The van der Waals surface area contributed by atoms with Crippen molar-refractivity contribution in [2.75, 3.05) is 7.11 Å². The molecule has 4 aliphatic rings. The van der Waals surface area contributed by atoms with Crippen LogP contribution in [0.2, 0.25) is 0 Å². The highest BCUT2D eigenvalue weighted by atomic mass is 16.6. The van der Waals surface area contributed by atoms with Gasteiger partial charge in [-0.05, 0) is 67.2 Å². The summed E-state index contributed by atoms with van der Waals surface area (Å²) in [6.07, 6.45) is 7.25. The molecular formula is C29H44N4O7. The third-order valence-electron chi connectivity index (χ3n) is 8.09. The molecule has 40 heavy (non-hydrogen) atoms. The number of carbonyl (C=O) groups excluding carboxylic acids is 2. The van der Waals surface area contributed by atoms with Crippen molar-refractivity contribution < 1.29 is 33.3 Å². The fourth-order valence-electron chi connectivity index (χ4n) is 6.67. The van der Waals surface area contributed by atoms with E-state index in [-0.39, 0.29) is 48.6 Å². The van der Waals surface area contributed by atoms with Crippen LogP contribution in [0.15, 0.2) is 6.33 Å². The van der Waals surface area contributed by atoms with Crippen molar-refractivity contribution in [2.45, 2.75) is 140 Å². The summed E-state index contributed by atoms with van der Waals surface area (Å²) in [6.45, 7) is 11.3. The van der Waals surface area contributed by atoms with Gasteiger partial charge < -0.3 is 33.5 Å². The van der Waals surface area contributed by atoms with Gasteiger partial charge in [-0.25, -0.2) is 9.59 Å². The molecule has 4 aliphatic heterocycles. The van der Waals surface area contributed by atoms with E-state index in [1.807, 2.05) is 51.3 Å². The van der Waals surface area contributed by atoms with Crippen LogP contribution in [-0.2, 0) is 9.47 Å². The van der Waals surface area contributed by atoms with Gasteiger partial charge >= 0.3 is 12.2 Å². The van der Waals surface area contributed by atoms with E-state index < -0.39 is 11.2 Å². The molecule has 4 saturated heterocycles. The average molecular weight is 561 g/mol. The fraction of sp³-hybridized carbons (Fsp3) is 0.793. The number of methoxy groups -OCH3 is 1. The molecule has 222 valence electrons. The van der Waals surface area contributed by atoms with Gasteiger partial charge in [-0.3, -0.25) is 0 Å². The number of nitrogens with zero attached hydrogens (tertiary/aromatic N) is 4. The molecular weight excluding hydrogens is 516 g/mol. The number of hydrogen-bond acceptors (Lipinski definition) is 9. The second kappa shape index (κ2) is 10.8. The number of piperidine rings is 2. The molecule has 1 aromatic heterocycles.